The standard InChI is InChI=1S/C20H29FN2O3/c1-15-13-22(14-16(2)23(15)11-6-12-26-3)20(25)10-9-19(24)17-7-4-5-8-18(17)21/h4-5,7-8,15-16H,6,9-14H2,1-3H3. The number of methoxy groups -OCH3 is 1. The fourth-order valence-electron chi connectivity index (χ4n) is 3.59. The zero-order valence-corrected chi connectivity index (χ0v) is 15.9. The highest BCUT2D eigenvalue weighted by Gasteiger charge is 2.31. The number of ether oxygens (including phenoxy) is 1. The van der Waals surface area contributed by atoms with Crippen LogP contribution in [-0.4, -0.2) is 66.9 Å². The van der Waals surface area contributed by atoms with Crippen LogP contribution in [0, 0.1) is 5.82 Å². The summed E-state index contributed by atoms with van der Waals surface area (Å²) < 4.78 is 18.8. The Morgan fingerprint density at radius 2 is 1.81 bits per heavy atom. The van der Waals surface area contributed by atoms with Gasteiger partial charge in [-0.25, -0.2) is 4.39 Å². The van der Waals surface area contributed by atoms with Crippen molar-refractivity contribution in [2.24, 2.45) is 0 Å². The molecule has 1 saturated heterocycles. The third-order valence-electron chi connectivity index (χ3n) is 4.96. The highest BCUT2D eigenvalue weighted by atomic mass is 19.1. The second-order valence-electron chi connectivity index (χ2n) is 6.98. The summed E-state index contributed by atoms with van der Waals surface area (Å²) in [6.45, 7) is 7.23. The van der Waals surface area contributed by atoms with Gasteiger partial charge >= 0.3 is 0 Å². The molecule has 1 aliphatic rings. The molecule has 2 atom stereocenters. The molecule has 1 aromatic rings. The SMILES string of the molecule is COCCCN1C(C)CN(C(=O)CCC(=O)c2ccccc2F)CC1C. The van der Waals surface area contributed by atoms with Gasteiger partial charge in [0.15, 0.2) is 5.78 Å². The van der Waals surface area contributed by atoms with Gasteiger partial charge < -0.3 is 9.64 Å². The van der Waals surface area contributed by atoms with Crippen LogP contribution in [0.15, 0.2) is 24.3 Å². The Bertz CT molecular complexity index is 611. The van der Waals surface area contributed by atoms with Crippen LogP contribution in [0.25, 0.3) is 0 Å². The minimum atomic E-state index is -0.531. The summed E-state index contributed by atoms with van der Waals surface area (Å²) >= 11 is 0. The predicted molar refractivity (Wildman–Crippen MR) is 98.7 cm³/mol. The van der Waals surface area contributed by atoms with Crippen LogP contribution in [0.4, 0.5) is 4.39 Å². The smallest absolute Gasteiger partial charge is 0.223 e. The molecule has 0 saturated carbocycles. The molecule has 0 bridgehead atoms. The Kier molecular flexibility index (Phi) is 7.72. The Morgan fingerprint density at radius 3 is 2.42 bits per heavy atom. The van der Waals surface area contributed by atoms with Crippen molar-refractivity contribution >= 4 is 11.7 Å². The van der Waals surface area contributed by atoms with Crippen LogP contribution < -0.4 is 0 Å². The normalized spacial score (nSPS) is 21.0. The number of hydrogen-bond acceptors (Lipinski definition) is 4. The van der Waals surface area contributed by atoms with Gasteiger partial charge in [0.25, 0.3) is 0 Å². The number of amides is 1. The summed E-state index contributed by atoms with van der Waals surface area (Å²) in [5.41, 5.74) is 0.0602. The maximum atomic E-state index is 13.7. The average Bonchev–Trinajstić information content (AvgIpc) is 2.62. The van der Waals surface area contributed by atoms with Crippen molar-refractivity contribution in [3.63, 3.8) is 0 Å². The van der Waals surface area contributed by atoms with Gasteiger partial charge in [-0.2, -0.15) is 0 Å². The summed E-state index contributed by atoms with van der Waals surface area (Å²) in [7, 11) is 1.70. The molecule has 0 aliphatic carbocycles. The largest absolute Gasteiger partial charge is 0.385 e. The number of Topliss-reactive ketones (excluding diaryl/α,β-unsaturated/α-hetero) is 1. The lowest BCUT2D eigenvalue weighted by Gasteiger charge is -2.44. The molecular weight excluding hydrogens is 335 g/mol. The van der Waals surface area contributed by atoms with Gasteiger partial charge in [0.05, 0.1) is 5.56 Å². The molecule has 2 rings (SSSR count). The molecule has 1 amide bonds. The van der Waals surface area contributed by atoms with Crippen LogP contribution in [0.1, 0.15) is 43.5 Å². The Morgan fingerprint density at radius 1 is 1.15 bits per heavy atom. The predicted octanol–water partition coefficient (Wildman–Crippen LogP) is 2.75. The maximum Gasteiger partial charge on any atom is 0.223 e. The van der Waals surface area contributed by atoms with Crippen LogP contribution >= 0.6 is 0 Å². The first-order valence-electron chi connectivity index (χ1n) is 9.24. The van der Waals surface area contributed by atoms with E-state index in [0.29, 0.717) is 13.1 Å². The van der Waals surface area contributed by atoms with E-state index < -0.39 is 5.82 Å². The van der Waals surface area contributed by atoms with Crippen molar-refractivity contribution < 1.29 is 18.7 Å². The molecule has 144 valence electrons. The van der Waals surface area contributed by atoms with Gasteiger partial charge in [-0.05, 0) is 32.4 Å². The number of nitrogens with zero attached hydrogens (tertiary/aromatic N) is 2. The van der Waals surface area contributed by atoms with E-state index in [1.54, 1.807) is 19.2 Å². The second kappa shape index (κ2) is 9.78. The zero-order chi connectivity index (χ0) is 19.1. The fraction of sp³-hybridized carbons (Fsp3) is 0.600. The molecule has 1 fully saturated rings. The number of carbonyl (C=O) groups is 2. The third kappa shape index (κ3) is 5.35. The summed E-state index contributed by atoms with van der Waals surface area (Å²) in [6.07, 6.45) is 1.13. The van der Waals surface area contributed by atoms with Crippen LogP contribution in [-0.2, 0) is 9.53 Å². The van der Waals surface area contributed by atoms with Gasteiger partial charge in [-0.15, -0.1) is 0 Å². The van der Waals surface area contributed by atoms with Crippen molar-refractivity contribution in [3.05, 3.63) is 35.6 Å². The fourth-order valence-corrected chi connectivity index (χ4v) is 3.59. The number of ketones is 1. The molecule has 0 aromatic heterocycles. The number of carbonyl (C=O) groups excluding carboxylic acids is 2. The lowest BCUT2D eigenvalue weighted by atomic mass is 10.0. The summed E-state index contributed by atoms with van der Waals surface area (Å²) in [5.74, 6) is -0.891. The Balaban J connectivity index is 1.85. The minimum Gasteiger partial charge on any atom is -0.385 e. The highest BCUT2D eigenvalue weighted by molar-refractivity contribution is 5.98. The number of hydrogen-bond donors (Lipinski definition) is 0. The van der Waals surface area contributed by atoms with Crippen LogP contribution in [0.3, 0.4) is 0 Å². The van der Waals surface area contributed by atoms with E-state index in [1.165, 1.54) is 12.1 Å². The van der Waals surface area contributed by atoms with E-state index >= 15 is 0 Å². The minimum absolute atomic E-state index is 0.0371. The Labute approximate surface area is 155 Å². The molecule has 0 N–H and O–H groups in total. The number of benzene rings is 1. The highest BCUT2D eigenvalue weighted by Crippen LogP contribution is 2.18. The molecule has 1 heterocycles. The van der Waals surface area contributed by atoms with Gasteiger partial charge in [0.2, 0.25) is 5.91 Å². The first-order valence-corrected chi connectivity index (χ1v) is 9.24. The summed E-state index contributed by atoms with van der Waals surface area (Å²) in [4.78, 5) is 28.9. The van der Waals surface area contributed by atoms with E-state index in [1.807, 2.05) is 4.90 Å². The van der Waals surface area contributed by atoms with Gasteiger partial charge in [0.1, 0.15) is 5.82 Å². The van der Waals surface area contributed by atoms with Gasteiger partial charge in [0, 0.05) is 58.3 Å². The van der Waals surface area contributed by atoms with E-state index in [2.05, 4.69) is 18.7 Å². The first kappa shape index (κ1) is 20.5. The third-order valence-corrected chi connectivity index (χ3v) is 4.96. The van der Waals surface area contributed by atoms with E-state index in [-0.39, 0.29) is 42.2 Å². The van der Waals surface area contributed by atoms with Crippen LogP contribution in [0.5, 0.6) is 0 Å². The van der Waals surface area contributed by atoms with Crippen molar-refractivity contribution in [3.8, 4) is 0 Å². The number of piperazine rings is 1. The second-order valence-corrected chi connectivity index (χ2v) is 6.98. The number of halogens is 1. The molecule has 6 heteroatoms. The molecule has 1 aliphatic heterocycles. The summed E-state index contributed by atoms with van der Waals surface area (Å²) in [6, 6.07) is 6.44. The zero-order valence-electron chi connectivity index (χ0n) is 15.9. The van der Waals surface area contributed by atoms with Gasteiger partial charge in [-0.3, -0.25) is 14.5 Å². The van der Waals surface area contributed by atoms with Crippen molar-refractivity contribution in [2.75, 3.05) is 33.4 Å². The lowest BCUT2D eigenvalue weighted by molar-refractivity contribution is -0.135. The molecule has 26 heavy (non-hydrogen) atoms. The molecule has 5 nitrogen and oxygen atoms in total. The van der Waals surface area contributed by atoms with Crippen molar-refractivity contribution in [1.82, 2.24) is 9.80 Å². The monoisotopic (exact) mass is 364 g/mol. The van der Waals surface area contributed by atoms with E-state index in [9.17, 15) is 14.0 Å². The Hall–Kier alpha value is -1.79. The lowest BCUT2D eigenvalue weighted by Crippen LogP contribution is -2.58. The molecule has 0 radical (unpaired) electrons. The first-order chi connectivity index (χ1) is 12.4. The van der Waals surface area contributed by atoms with Gasteiger partial charge in [-0.1, -0.05) is 12.1 Å². The number of rotatable bonds is 8. The van der Waals surface area contributed by atoms with Crippen LogP contribution in [0.2, 0.25) is 0 Å². The van der Waals surface area contributed by atoms with Crippen molar-refractivity contribution in [2.45, 2.75) is 45.2 Å². The van der Waals surface area contributed by atoms with Crippen molar-refractivity contribution in [1.29, 1.82) is 0 Å². The molecule has 2 unspecified atom stereocenters. The van der Waals surface area contributed by atoms with E-state index in [4.69, 9.17) is 4.74 Å². The van der Waals surface area contributed by atoms with E-state index in [0.717, 1.165) is 19.6 Å². The maximum absolute atomic E-state index is 13.7. The average molecular weight is 364 g/mol. The topological polar surface area (TPSA) is 49.9 Å². The molecule has 1 aromatic carbocycles. The molecular formula is C20H29FN2O3. The molecule has 0 spiro atoms. The summed E-state index contributed by atoms with van der Waals surface area (Å²) in [5, 5.41) is 0. The quantitative estimate of drug-likeness (QED) is 0.526.